The van der Waals surface area contributed by atoms with Gasteiger partial charge in [0.2, 0.25) is 0 Å². The van der Waals surface area contributed by atoms with Crippen molar-refractivity contribution in [1.82, 2.24) is 14.6 Å². The summed E-state index contributed by atoms with van der Waals surface area (Å²) in [6, 6.07) is 8.31. The highest BCUT2D eigenvalue weighted by molar-refractivity contribution is 5.44. The maximum atomic E-state index is 13.0. The second-order valence-electron chi connectivity index (χ2n) is 4.41. The molecule has 3 aromatic rings. The molecule has 0 saturated carbocycles. The molecule has 0 amide bonds. The van der Waals surface area contributed by atoms with E-state index in [9.17, 15) is 4.39 Å². The van der Waals surface area contributed by atoms with Gasteiger partial charge in [0.1, 0.15) is 5.82 Å². The minimum absolute atomic E-state index is 0.249. The highest BCUT2D eigenvalue weighted by Gasteiger charge is 2.01. The van der Waals surface area contributed by atoms with Crippen LogP contribution in [0, 0.1) is 12.7 Å². The van der Waals surface area contributed by atoms with Gasteiger partial charge in [-0.2, -0.15) is 5.10 Å². The molecule has 3 rings (SSSR count). The van der Waals surface area contributed by atoms with Gasteiger partial charge in [-0.1, -0.05) is 6.07 Å². The molecule has 0 aliphatic heterocycles. The number of hydrogen-bond acceptors (Lipinski definition) is 3. The van der Waals surface area contributed by atoms with Crippen LogP contribution in [0.15, 0.2) is 42.7 Å². The van der Waals surface area contributed by atoms with Crippen molar-refractivity contribution in [3.63, 3.8) is 0 Å². The monoisotopic (exact) mass is 256 g/mol. The lowest BCUT2D eigenvalue weighted by Gasteiger charge is -2.06. The number of benzene rings is 1. The van der Waals surface area contributed by atoms with E-state index in [1.807, 2.05) is 25.3 Å². The smallest absolute Gasteiger partial charge is 0.155 e. The topological polar surface area (TPSA) is 42.2 Å². The van der Waals surface area contributed by atoms with Crippen LogP contribution in [0.5, 0.6) is 0 Å². The van der Waals surface area contributed by atoms with Crippen LogP contribution in [0.4, 0.5) is 10.1 Å². The fourth-order valence-corrected chi connectivity index (χ4v) is 1.93. The van der Waals surface area contributed by atoms with E-state index < -0.39 is 0 Å². The molecular weight excluding hydrogens is 243 g/mol. The highest BCUT2D eigenvalue weighted by Crippen LogP contribution is 2.11. The Hall–Kier alpha value is -2.43. The zero-order chi connectivity index (χ0) is 13.2. The van der Waals surface area contributed by atoms with Crippen molar-refractivity contribution >= 4 is 11.3 Å². The maximum absolute atomic E-state index is 13.0. The molecule has 5 heteroatoms. The molecule has 0 spiro atoms. The van der Waals surface area contributed by atoms with Crippen LogP contribution < -0.4 is 5.32 Å². The Balaban J connectivity index is 1.78. The molecule has 0 atom stereocenters. The zero-order valence-electron chi connectivity index (χ0n) is 10.5. The predicted molar refractivity (Wildman–Crippen MR) is 71.5 cm³/mol. The van der Waals surface area contributed by atoms with Gasteiger partial charge in [-0.15, -0.1) is 0 Å². The van der Waals surface area contributed by atoms with E-state index in [-0.39, 0.29) is 5.82 Å². The number of halogens is 1. The lowest BCUT2D eigenvalue weighted by molar-refractivity contribution is 0.628. The maximum Gasteiger partial charge on any atom is 0.155 e. The first kappa shape index (κ1) is 11.6. The SMILES string of the molecule is Cc1cc2ncc(CNc3cccc(F)c3)cn2n1. The lowest BCUT2D eigenvalue weighted by atomic mass is 10.3. The zero-order valence-corrected chi connectivity index (χ0v) is 10.5. The standard InChI is InChI=1S/C14H13FN4/c1-10-5-14-17-8-11(9-19(14)18-10)7-16-13-4-2-3-12(15)6-13/h2-6,8-9,16H,7H2,1H3. The summed E-state index contributed by atoms with van der Waals surface area (Å²) < 4.78 is 14.8. The molecule has 2 aromatic heterocycles. The molecule has 2 heterocycles. The summed E-state index contributed by atoms with van der Waals surface area (Å²) in [5.74, 6) is -0.249. The summed E-state index contributed by atoms with van der Waals surface area (Å²) in [5, 5.41) is 7.46. The average molecular weight is 256 g/mol. The fourth-order valence-electron chi connectivity index (χ4n) is 1.93. The molecule has 19 heavy (non-hydrogen) atoms. The Kier molecular flexibility index (Phi) is 2.87. The second kappa shape index (κ2) is 4.68. The highest BCUT2D eigenvalue weighted by atomic mass is 19.1. The van der Waals surface area contributed by atoms with Gasteiger partial charge in [-0.05, 0) is 25.1 Å². The first-order valence-electron chi connectivity index (χ1n) is 6.01. The van der Waals surface area contributed by atoms with Gasteiger partial charge >= 0.3 is 0 Å². The van der Waals surface area contributed by atoms with Crippen LogP contribution in [0.1, 0.15) is 11.3 Å². The van der Waals surface area contributed by atoms with E-state index in [1.54, 1.807) is 16.8 Å². The van der Waals surface area contributed by atoms with Crippen molar-refractivity contribution < 1.29 is 4.39 Å². The Bertz CT molecular complexity index is 720. The number of fused-ring (bicyclic) bond motifs is 1. The van der Waals surface area contributed by atoms with Crippen LogP contribution in [-0.2, 0) is 6.54 Å². The number of nitrogens with one attached hydrogen (secondary N) is 1. The van der Waals surface area contributed by atoms with Crippen molar-refractivity contribution in [2.24, 2.45) is 0 Å². The molecule has 0 radical (unpaired) electrons. The van der Waals surface area contributed by atoms with Gasteiger partial charge < -0.3 is 5.32 Å². The Labute approximate surface area is 109 Å². The van der Waals surface area contributed by atoms with E-state index >= 15 is 0 Å². The van der Waals surface area contributed by atoms with Crippen molar-refractivity contribution in [3.8, 4) is 0 Å². The van der Waals surface area contributed by atoms with Crippen molar-refractivity contribution in [3.05, 3.63) is 59.8 Å². The van der Waals surface area contributed by atoms with Crippen LogP contribution in [0.25, 0.3) is 5.65 Å². The average Bonchev–Trinajstić information content (AvgIpc) is 2.75. The fraction of sp³-hybridized carbons (Fsp3) is 0.143. The molecule has 0 saturated heterocycles. The molecule has 0 bridgehead atoms. The van der Waals surface area contributed by atoms with E-state index in [2.05, 4.69) is 15.4 Å². The predicted octanol–water partition coefficient (Wildman–Crippen LogP) is 2.79. The number of hydrogen-bond donors (Lipinski definition) is 1. The number of rotatable bonds is 3. The molecule has 96 valence electrons. The van der Waals surface area contributed by atoms with Crippen molar-refractivity contribution in [2.75, 3.05) is 5.32 Å². The molecular formula is C14H13FN4. The molecule has 1 aromatic carbocycles. The first-order valence-corrected chi connectivity index (χ1v) is 6.01. The number of anilines is 1. The van der Waals surface area contributed by atoms with Crippen LogP contribution >= 0.6 is 0 Å². The number of aromatic nitrogens is 3. The number of nitrogens with zero attached hydrogens (tertiary/aromatic N) is 3. The van der Waals surface area contributed by atoms with Crippen LogP contribution in [-0.4, -0.2) is 14.6 Å². The van der Waals surface area contributed by atoms with Gasteiger partial charge in [0.05, 0.1) is 5.69 Å². The minimum Gasteiger partial charge on any atom is -0.381 e. The summed E-state index contributed by atoms with van der Waals surface area (Å²) in [6.45, 7) is 2.50. The van der Waals surface area contributed by atoms with Gasteiger partial charge in [0.25, 0.3) is 0 Å². The van der Waals surface area contributed by atoms with Crippen LogP contribution in [0.3, 0.4) is 0 Å². The molecule has 0 unspecified atom stereocenters. The third-order valence-electron chi connectivity index (χ3n) is 2.81. The van der Waals surface area contributed by atoms with E-state index in [1.165, 1.54) is 12.1 Å². The van der Waals surface area contributed by atoms with Crippen molar-refractivity contribution in [1.29, 1.82) is 0 Å². The first-order chi connectivity index (χ1) is 9.20. The van der Waals surface area contributed by atoms with Crippen molar-refractivity contribution in [2.45, 2.75) is 13.5 Å². The quantitative estimate of drug-likeness (QED) is 0.783. The molecule has 0 fully saturated rings. The minimum atomic E-state index is -0.249. The van der Waals surface area contributed by atoms with E-state index in [0.29, 0.717) is 6.54 Å². The summed E-state index contributed by atoms with van der Waals surface area (Å²) >= 11 is 0. The molecule has 0 aliphatic carbocycles. The van der Waals surface area contributed by atoms with Gasteiger partial charge in [0, 0.05) is 36.3 Å². The molecule has 0 aliphatic rings. The Morgan fingerprint density at radius 1 is 1.32 bits per heavy atom. The lowest BCUT2D eigenvalue weighted by Crippen LogP contribution is -2.02. The molecule has 4 nitrogen and oxygen atoms in total. The van der Waals surface area contributed by atoms with E-state index in [0.717, 1.165) is 22.6 Å². The normalized spacial score (nSPS) is 10.8. The Morgan fingerprint density at radius 3 is 3.05 bits per heavy atom. The summed E-state index contributed by atoms with van der Waals surface area (Å²) in [5.41, 5.74) is 3.49. The summed E-state index contributed by atoms with van der Waals surface area (Å²) in [4.78, 5) is 4.32. The van der Waals surface area contributed by atoms with E-state index in [4.69, 9.17) is 0 Å². The largest absolute Gasteiger partial charge is 0.381 e. The summed E-state index contributed by atoms with van der Waals surface area (Å²) in [6.07, 6.45) is 3.71. The van der Waals surface area contributed by atoms with Crippen LogP contribution in [0.2, 0.25) is 0 Å². The number of aryl methyl sites for hydroxylation is 1. The molecule has 1 N–H and O–H groups in total. The van der Waals surface area contributed by atoms with Gasteiger partial charge in [0.15, 0.2) is 5.65 Å². The van der Waals surface area contributed by atoms with Gasteiger partial charge in [-0.3, -0.25) is 0 Å². The second-order valence-corrected chi connectivity index (χ2v) is 4.41. The summed E-state index contributed by atoms with van der Waals surface area (Å²) in [7, 11) is 0. The Morgan fingerprint density at radius 2 is 2.21 bits per heavy atom. The third kappa shape index (κ3) is 2.54. The van der Waals surface area contributed by atoms with Gasteiger partial charge in [-0.25, -0.2) is 13.9 Å². The third-order valence-corrected chi connectivity index (χ3v) is 2.81.